The number of hydrogen-bond donors (Lipinski definition) is 5. The molecule has 5 heterocycles. The van der Waals surface area contributed by atoms with Crippen LogP contribution in [0.15, 0.2) is 66.9 Å². The van der Waals surface area contributed by atoms with Gasteiger partial charge >= 0.3 is 0 Å². The molecule has 3 fully saturated rings. The fraction of sp³-hybridized carbons (Fsp3) is 0.381. The summed E-state index contributed by atoms with van der Waals surface area (Å²) in [5.74, 6) is -0.655. The van der Waals surface area contributed by atoms with Crippen molar-refractivity contribution in [2.75, 3.05) is 91.7 Å². The first-order valence-corrected chi connectivity index (χ1v) is 21.5. The quantitative estimate of drug-likeness (QED) is 0.0905. The van der Waals surface area contributed by atoms with E-state index in [1.807, 2.05) is 36.4 Å². The number of anilines is 7. The molecular weight excluding hydrogens is 822 g/mol. The van der Waals surface area contributed by atoms with Gasteiger partial charge in [0.2, 0.25) is 17.8 Å². The lowest BCUT2D eigenvalue weighted by atomic mass is 10.0. The maximum atomic E-state index is 13.5. The number of ether oxygens (including phenoxy) is 1. The van der Waals surface area contributed by atoms with Gasteiger partial charge in [0.25, 0.3) is 11.8 Å². The fourth-order valence-corrected chi connectivity index (χ4v) is 8.90. The second-order valence-corrected chi connectivity index (χ2v) is 16.5. The maximum absolute atomic E-state index is 13.5. The van der Waals surface area contributed by atoms with Crippen LogP contribution < -0.4 is 35.2 Å². The Morgan fingerprint density at radius 1 is 0.902 bits per heavy atom. The van der Waals surface area contributed by atoms with Gasteiger partial charge in [0.05, 0.1) is 41.5 Å². The number of carbonyl (C=O) groups is 4. The van der Waals surface area contributed by atoms with Gasteiger partial charge in [-0.1, -0.05) is 29.8 Å². The van der Waals surface area contributed by atoms with Gasteiger partial charge in [0.1, 0.15) is 28.7 Å². The van der Waals surface area contributed by atoms with E-state index in [2.05, 4.69) is 52.0 Å². The van der Waals surface area contributed by atoms with E-state index in [1.165, 1.54) is 6.20 Å². The van der Waals surface area contributed by atoms with E-state index >= 15 is 0 Å². The number of hydrogen-bond acceptors (Lipinski definition) is 14. The van der Waals surface area contributed by atoms with Crippen LogP contribution in [0.1, 0.15) is 46.4 Å². The predicted molar refractivity (Wildman–Crippen MR) is 236 cm³/mol. The average molecular weight is 870 g/mol. The smallest absolute Gasteiger partial charge is 0.264 e. The Bertz CT molecular complexity index is 2340. The summed E-state index contributed by atoms with van der Waals surface area (Å²) in [5, 5.41) is 12.5. The van der Waals surface area contributed by atoms with Crippen LogP contribution in [0.25, 0.3) is 0 Å². The first-order valence-electron chi connectivity index (χ1n) is 20.3. The molecule has 3 aromatic carbocycles. The Hall–Kier alpha value is -5.82. The van der Waals surface area contributed by atoms with Gasteiger partial charge in [0, 0.05) is 89.3 Å². The van der Waals surface area contributed by atoms with Crippen molar-refractivity contribution in [3.05, 3.63) is 83.0 Å². The van der Waals surface area contributed by atoms with Crippen LogP contribution in [0.2, 0.25) is 5.02 Å². The average Bonchev–Trinajstić information content (AvgIpc) is 3.54. The maximum Gasteiger partial charge on any atom is 0.264 e. The lowest BCUT2D eigenvalue weighted by molar-refractivity contribution is -0.136. The van der Waals surface area contributed by atoms with E-state index in [9.17, 15) is 23.4 Å². The summed E-state index contributed by atoms with van der Waals surface area (Å²) in [5.41, 5.74) is 4.31. The van der Waals surface area contributed by atoms with Crippen LogP contribution in [0.3, 0.4) is 0 Å². The third kappa shape index (κ3) is 8.98. The van der Waals surface area contributed by atoms with Crippen LogP contribution in [0, 0.1) is 0 Å². The molecule has 19 heteroatoms. The number of halogens is 1. The molecule has 4 aliphatic heterocycles. The Kier molecular flexibility index (Phi) is 12.7. The normalized spacial score (nSPS) is 18.8. The van der Waals surface area contributed by atoms with Crippen LogP contribution >= 0.6 is 11.6 Å². The molecule has 4 aromatic rings. The summed E-state index contributed by atoms with van der Waals surface area (Å²) in [6, 6.07) is 18.1. The van der Waals surface area contributed by atoms with Gasteiger partial charge in [-0.15, -0.1) is 0 Å². The number of carbonyl (C=O) groups excluding carboxylic acids is 4. The molecule has 0 saturated carbocycles. The van der Waals surface area contributed by atoms with Gasteiger partial charge in [-0.3, -0.25) is 43.5 Å². The Balaban J connectivity index is 0.805. The standard InChI is InChI=1S/C42H48ClN11O6S/c1-50(61-59)33-9-4-3-7-30(33)46-38-29(43)25-45-42(49-38)47-31-11-10-27(24-35(31)60-2)52-17-14-26(15-18-52)53-22-20-51(21-23-53)19-16-44-32-8-5-6-28-37(32)41(58)54(40(28)57)34-12-13-36(55)48-39(34)56/h3-11,24-26,34,44,61H,12-23H2,1-2H3,(H,48,55,56)(H2,45,46,47,49). The van der Waals surface area contributed by atoms with Crippen molar-refractivity contribution >= 4 is 87.3 Å². The minimum Gasteiger partial charge on any atom is -0.494 e. The molecule has 17 nitrogen and oxygen atoms in total. The molecule has 1 aromatic heterocycles. The summed E-state index contributed by atoms with van der Waals surface area (Å²) in [6.45, 7) is 7.03. The first-order chi connectivity index (χ1) is 29.6. The van der Waals surface area contributed by atoms with E-state index in [4.69, 9.17) is 16.3 Å². The molecule has 4 N–H and O–H groups in total. The molecule has 1 unspecified atom stereocenters. The Morgan fingerprint density at radius 2 is 1.67 bits per heavy atom. The van der Waals surface area contributed by atoms with Crippen LogP contribution in [-0.4, -0.2) is 131 Å². The first kappa shape index (κ1) is 41.9. The number of nitrogens with zero attached hydrogens (tertiary/aromatic N) is 7. The summed E-state index contributed by atoms with van der Waals surface area (Å²) >= 11 is 6.32. The van der Waals surface area contributed by atoms with Crippen molar-refractivity contribution in [1.29, 1.82) is 0 Å². The van der Waals surface area contributed by atoms with E-state index in [1.54, 1.807) is 36.7 Å². The highest BCUT2D eigenvalue weighted by Crippen LogP contribution is 2.36. The summed E-state index contributed by atoms with van der Waals surface area (Å²) in [7, 11) is 3.35. The molecular formula is C42H48ClN11O6S. The molecule has 1 atom stereocenters. The van der Waals surface area contributed by atoms with Crippen LogP contribution in [-0.2, 0) is 21.4 Å². The lowest BCUT2D eigenvalue weighted by Gasteiger charge is -2.43. The van der Waals surface area contributed by atoms with E-state index in [0.717, 1.165) is 69.2 Å². The molecule has 0 aliphatic carbocycles. The lowest BCUT2D eigenvalue weighted by Crippen LogP contribution is -2.54. The van der Waals surface area contributed by atoms with E-state index in [0.29, 0.717) is 57.9 Å². The highest BCUT2D eigenvalue weighted by Gasteiger charge is 2.45. The van der Waals surface area contributed by atoms with Crippen LogP contribution in [0.5, 0.6) is 5.75 Å². The number of nitrogens with one attached hydrogen (secondary N) is 4. The third-order valence-electron chi connectivity index (χ3n) is 11.8. The van der Waals surface area contributed by atoms with Gasteiger partial charge in [-0.05, 0) is 55.7 Å². The zero-order chi connectivity index (χ0) is 42.6. The number of benzene rings is 3. The molecule has 0 radical (unpaired) electrons. The molecule has 8 rings (SSSR count). The third-order valence-corrected chi connectivity index (χ3v) is 12.5. The zero-order valence-corrected chi connectivity index (χ0v) is 35.5. The van der Waals surface area contributed by atoms with Gasteiger partial charge < -0.3 is 25.6 Å². The summed E-state index contributed by atoms with van der Waals surface area (Å²) in [4.78, 5) is 68.2. The molecule has 4 aliphatic rings. The van der Waals surface area contributed by atoms with Gasteiger partial charge in [-0.25, -0.2) is 9.19 Å². The minimum atomic E-state index is -0.994. The molecule has 0 spiro atoms. The molecule has 3 saturated heterocycles. The van der Waals surface area contributed by atoms with Gasteiger partial charge in [-0.2, -0.15) is 4.98 Å². The van der Waals surface area contributed by atoms with Crippen LogP contribution in [0.4, 0.5) is 40.2 Å². The summed E-state index contributed by atoms with van der Waals surface area (Å²) in [6.07, 6.45) is 3.82. The zero-order valence-electron chi connectivity index (χ0n) is 33.9. The summed E-state index contributed by atoms with van der Waals surface area (Å²) < 4.78 is 18.9. The Morgan fingerprint density at radius 3 is 2.43 bits per heavy atom. The monoisotopic (exact) mass is 869 g/mol. The second kappa shape index (κ2) is 18.4. The second-order valence-electron chi connectivity index (χ2n) is 15.3. The van der Waals surface area contributed by atoms with E-state index in [-0.39, 0.29) is 35.8 Å². The topological polar surface area (TPSA) is 185 Å². The number of rotatable bonds is 14. The molecule has 61 heavy (non-hydrogen) atoms. The van der Waals surface area contributed by atoms with Crippen molar-refractivity contribution in [3.8, 4) is 5.75 Å². The van der Waals surface area contributed by atoms with Crippen molar-refractivity contribution in [1.82, 2.24) is 30.0 Å². The predicted octanol–water partition coefficient (Wildman–Crippen LogP) is 4.02. The molecule has 4 amide bonds. The number of thiol groups is 1. The fourth-order valence-electron chi connectivity index (χ4n) is 8.50. The number of imide groups is 2. The molecule has 320 valence electrons. The molecule has 0 bridgehead atoms. The van der Waals surface area contributed by atoms with Crippen molar-refractivity contribution in [2.24, 2.45) is 0 Å². The number of para-hydroxylation sites is 2. The largest absolute Gasteiger partial charge is 0.494 e. The number of amides is 4. The van der Waals surface area contributed by atoms with Crippen molar-refractivity contribution < 1.29 is 28.1 Å². The Labute approximate surface area is 362 Å². The number of aromatic nitrogens is 2. The number of piperidine rings is 2. The highest BCUT2D eigenvalue weighted by atomic mass is 35.5. The SMILES string of the molecule is COc1cc(N2CCC(N3CCN(CCNc4cccc5c4C(=O)N(C4CCC(=O)NC4=O)C5=O)CC3)CC2)ccc1Nc1ncc(Cl)c(Nc2ccccc2N(C)[SH]=O)n1. The van der Waals surface area contributed by atoms with Gasteiger partial charge in [0.15, 0.2) is 5.82 Å². The van der Waals surface area contributed by atoms with E-state index < -0.39 is 29.7 Å². The van der Waals surface area contributed by atoms with Crippen molar-refractivity contribution in [3.63, 3.8) is 0 Å². The number of fused-ring (bicyclic) bond motifs is 1. The number of piperazine rings is 1. The minimum absolute atomic E-state index is 0.0805. The van der Waals surface area contributed by atoms with Crippen molar-refractivity contribution in [2.45, 2.75) is 37.8 Å². The number of methoxy groups -OCH3 is 1. The highest BCUT2D eigenvalue weighted by molar-refractivity contribution is 7.67.